The summed E-state index contributed by atoms with van der Waals surface area (Å²) in [7, 11) is 2.16. The Balaban J connectivity index is 0.721. The van der Waals surface area contributed by atoms with Crippen LogP contribution in [0.2, 0.25) is 0 Å². The number of aryl methyl sites for hydroxylation is 2. The van der Waals surface area contributed by atoms with E-state index in [9.17, 15) is 24.3 Å². The van der Waals surface area contributed by atoms with Gasteiger partial charge in [-0.25, -0.2) is 0 Å². The van der Waals surface area contributed by atoms with E-state index in [1.807, 2.05) is 60.7 Å². The number of phenolic OH excluding ortho intramolecular Hbond substituents is 1. The summed E-state index contributed by atoms with van der Waals surface area (Å²) >= 11 is 0. The predicted octanol–water partition coefficient (Wildman–Crippen LogP) is 9.11. The highest BCUT2D eigenvalue weighted by molar-refractivity contribution is 5.96. The molecule has 0 radical (unpaired) electrons. The van der Waals surface area contributed by atoms with Gasteiger partial charge in [0.05, 0.1) is 25.7 Å². The number of unbranched alkanes of at least 4 members (excludes halogenated alkanes) is 3. The van der Waals surface area contributed by atoms with Crippen molar-refractivity contribution in [1.29, 1.82) is 0 Å². The molecule has 81 heavy (non-hydrogen) atoms. The summed E-state index contributed by atoms with van der Waals surface area (Å²) in [6.45, 7) is 12.3. The van der Waals surface area contributed by atoms with E-state index in [0.717, 1.165) is 53.0 Å². The molecule has 6 aromatic rings. The van der Waals surface area contributed by atoms with Crippen LogP contribution in [0.4, 0.5) is 5.69 Å². The molecular formula is C66H81N8O7+. The average molecular weight is 1100 g/mol. The second-order valence-electron chi connectivity index (χ2n) is 21.1. The van der Waals surface area contributed by atoms with Crippen LogP contribution in [-0.4, -0.2) is 87.3 Å². The number of rotatable bonds is 29. The second kappa shape index (κ2) is 30.4. The van der Waals surface area contributed by atoms with E-state index in [-0.39, 0.29) is 66.7 Å². The Morgan fingerprint density at radius 3 is 2.04 bits per heavy atom. The zero-order valence-electron chi connectivity index (χ0n) is 47.7. The number of benzene rings is 5. The number of fused-ring (bicyclic) bond motifs is 3. The van der Waals surface area contributed by atoms with Crippen molar-refractivity contribution < 1.29 is 38.3 Å². The molecule has 0 unspecified atom stereocenters. The average Bonchev–Trinajstić information content (AvgIpc) is 3.04. The number of nitrogens with two attached hydrogens (primary N) is 1. The van der Waals surface area contributed by atoms with Crippen LogP contribution in [0, 0.1) is 13.8 Å². The monoisotopic (exact) mass is 1100 g/mol. The van der Waals surface area contributed by atoms with Crippen molar-refractivity contribution in [2.75, 3.05) is 51.5 Å². The predicted molar refractivity (Wildman–Crippen MR) is 321 cm³/mol. The molecule has 2 heterocycles. The van der Waals surface area contributed by atoms with E-state index in [2.05, 4.69) is 137 Å². The number of guanidine groups is 1. The number of ether oxygens (including phenoxy) is 2. The van der Waals surface area contributed by atoms with Gasteiger partial charge in [-0.05, 0) is 88.5 Å². The van der Waals surface area contributed by atoms with Crippen molar-refractivity contribution in [2.45, 2.75) is 110 Å². The third kappa shape index (κ3) is 17.7. The van der Waals surface area contributed by atoms with Crippen molar-refractivity contribution in [3.05, 3.63) is 191 Å². The Morgan fingerprint density at radius 2 is 1.36 bits per heavy atom. The van der Waals surface area contributed by atoms with Crippen LogP contribution < -0.4 is 36.5 Å². The summed E-state index contributed by atoms with van der Waals surface area (Å²) in [5.74, 6) is -1.51. The quantitative estimate of drug-likeness (QED) is 0.0115. The van der Waals surface area contributed by atoms with Gasteiger partial charge in [-0.2, -0.15) is 4.57 Å². The van der Waals surface area contributed by atoms with E-state index < -0.39 is 12.0 Å². The maximum atomic E-state index is 14.0. The summed E-state index contributed by atoms with van der Waals surface area (Å²) in [5.41, 5.74) is 15.7. The van der Waals surface area contributed by atoms with Gasteiger partial charge < -0.3 is 41.2 Å². The number of aromatic nitrogens is 1. The molecule has 15 nitrogen and oxygen atoms in total. The van der Waals surface area contributed by atoms with E-state index in [4.69, 9.17) is 15.2 Å². The maximum absolute atomic E-state index is 14.0. The minimum Gasteiger partial charge on any atom is -0.508 e. The molecule has 7 N–H and O–H groups in total. The number of hydrogen-bond acceptors (Lipinski definition) is 9. The fraction of sp³-hybridized carbons (Fsp3) is 0.364. The fourth-order valence-electron chi connectivity index (χ4n) is 10.6. The molecule has 0 aliphatic carbocycles. The van der Waals surface area contributed by atoms with Crippen molar-refractivity contribution in [1.82, 2.24) is 21.3 Å². The van der Waals surface area contributed by atoms with Gasteiger partial charge in [0, 0.05) is 82.3 Å². The molecule has 1 aromatic heterocycles. The number of phenols is 1. The summed E-state index contributed by atoms with van der Waals surface area (Å²) in [6, 6.07) is 42.0. The van der Waals surface area contributed by atoms with Gasteiger partial charge in [-0.3, -0.25) is 29.5 Å². The first kappa shape index (κ1) is 60.5. The molecule has 5 aromatic carbocycles. The fourth-order valence-corrected chi connectivity index (χ4v) is 10.6. The van der Waals surface area contributed by atoms with Gasteiger partial charge in [-0.1, -0.05) is 142 Å². The lowest BCUT2D eigenvalue weighted by Crippen LogP contribution is -2.48. The number of likely N-dealkylation sites (N-methyl/N-ethyl adjacent to an activating group) is 1. The molecule has 1 atom stereocenters. The van der Waals surface area contributed by atoms with Crippen LogP contribution in [0.3, 0.4) is 0 Å². The number of carbonyl (C=O) groups excluding carboxylic acids is 4. The number of nitrogens with one attached hydrogen (secondary N) is 4. The van der Waals surface area contributed by atoms with Gasteiger partial charge in [0.25, 0.3) is 0 Å². The molecule has 0 fully saturated rings. The van der Waals surface area contributed by atoms with E-state index in [1.165, 1.54) is 27.7 Å². The Hall–Kier alpha value is -8.14. The molecule has 1 aliphatic heterocycles. The van der Waals surface area contributed by atoms with Crippen LogP contribution in [0.15, 0.2) is 156 Å². The smallest absolute Gasteiger partial charge is 0.242 e. The maximum Gasteiger partial charge on any atom is 0.242 e. The molecule has 0 bridgehead atoms. The number of hydrogen-bond donors (Lipinski definition) is 6. The lowest BCUT2D eigenvalue weighted by atomic mass is 9.81. The number of pyridine rings is 1. The molecule has 1 aliphatic rings. The van der Waals surface area contributed by atoms with E-state index in [0.29, 0.717) is 58.7 Å². The normalized spacial score (nSPS) is 13.9. The second-order valence-corrected chi connectivity index (χ2v) is 21.1. The molecule has 7 rings (SSSR count). The van der Waals surface area contributed by atoms with Crippen LogP contribution >= 0.6 is 0 Å². The van der Waals surface area contributed by atoms with Gasteiger partial charge in [0.1, 0.15) is 18.4 Å². The highest BCUT2D eigenvalue weighted by Gasteiger charge is 2.39. The van der Waals surface area contributed by atoms with E-state index in [1.54, 1.807) is 24.3 Å². The number of aromatic hydroxyl groups is 1. The summed E-state index contributed by atoms with van der Waals surface area (Å²) < 4.78 is 13.9. The topological polar surface area (TPSA) is 201 Å². The molecule has 0 spiro atoms. The Kier molecular flexibility index (Phi) is 22.7. The molecule has 4 amide bonds. The van der Waals surface area contributed by atoms with Crippen molar-refractivity contribution in [2.24, 2.45) is 10.7 Å². The number of nitrogens with zero attached hydrogens (tertiary/aromatic N) is 3. The van der Waals surface area contributed by atoms with Crippen LogP contribution in [0.5, 0.6) is 5.75 Å². The van der Waals surface area contributed by atoms with Gasteiger partial charge in [0.2, 0.25) is 23.6 Å². The van der Waals surface area contributed by atoms with Crippen LogP contribution in [0.25, 0.3) is 16.8 Å². The minimum absolute atomic E-state index is 0.0170. The van der Waals surface area contributed by atoms with Crippen molar-refractivity contribution in [3.8, 4) is 5.75 Å². The summed E-state index contributed by atoms with van der Waals surface area (Å²) in [5, 5.41) is 23.7. The number of carbonyl (C=O) groups is 4. The number of amides is 4. The third-order valence-electron chi connectivity index (χ3n) is 14.8. The minimum atomic E-state index is -0.883. The first-order valence-electron chi connectivity index (χ1n) is 28.3. The van der Waals surface area contributed by atoms with E-state index >= 15 is 0 Å². The zero-order valence-corrected chi connectivity index (χ0v) is 47.7. The SMILES string of the molecule is Cc1cc(/C=C\C=C2\N(C)c3ccc4ccccc4c3C2(C)C)cc(C)[n+]1CCOCCOCCNC(=O)CCCCCCC(=O)NC(N)=NCCC[C@@H](NC(=O)C(c1ccccc1)c1ccccc1)C(=O)NCc1ccc(O)cc1. The third-order valence-corrected chi connectivity index (χ3v) is 14.8. The lowest BCUT2D eigenvalue weighted by molar-refractivity contribution is -0.710. The Labute approximate surface area is 477 Å². The summed E-state index contributed by atoms with van der Waals surface area (Å²) in [6.07, 6.45) is 10.8. The summed E-state index contributed by atoms with van der Waals surface area (Å²) in [4.78, 5) is 59.2. The molecule has 426 valence electrons. The largest absolute Gasteiger partial charge is 0.508 e. The highest BCUT2D eigenvalue weighted by Crippen LogP contribution is 2.50. The van der Waals surface area contributed by atoms with Gasteiger partial charge in [-0.15, -0.1) is 0 Å². The van der Waals surface area contributed by atoms with Crippen molar-refractivity contribution in [3.63, 3.8) is 0 Å². The molecular weight excluding hydrogens is 1020 g/mol. The standard InChI is InChI=1S/C66H80N8O7/c1-47-44-50(20-18-28-58-66(3,4)62-55-26-17-16-21-51(55)33-36-57(62)73(58)5)45-48(2)74(47)39-41-81-43-42-80-40-38-68-59(76)29-14-6-7-15-30-60(77)72-65(67)69-37-19-27-56(63(78)70-46-49-31-34-54(75)35-32-49)71-64(79)61(52-22-10-8-11-23-52)53-24-12-9-13-25-53/h8-13,16-18,20-26,28,31-36,44-45,56,61H,6-7,14-15,19,27,29-30,37-43,46H2,1-5H3,(H6-,67,68,69,70,71,72,75,76,77,78,79)/p+1/t56-/m1/s1. The zero-order chi connectivity index (χ0) is 57.6. The number of anilines is 1. The molecule has 0 saturated heterocycles. The molecule has 0 saturated carbocycles. The first-order valence-corrected chi connectivity index (χ1v) is 28.3. The van der Waals surface area contributed by atoms with Crippen molar-refractivity contribution >= 4 is 52.1 Å². The van der Waals surface area contributed by atoms with Crippen LogP contribution in [0.1, 0.15) is 110 Å². The highest BCUT2D eigenvalue weighted by atomic mass is 16.5. The molecule has 15 heteroatoms. The van der Waals surface area contributed by atoms with Crippen LogP contribution in [-0.2, 0) is 47.2 Å². The number of aliphatic imine (C=N–C) groups is 1. The Morgan fingerprint density at radius 1 is 0.728 bits per heavy atom. The van der Waals surface area contributed by atoms with Gasteiger partial charge >= 0.3 is 0 Å². The first-order chi connectivity index (χ1) is 39.2. The number of allylic oxidation sites excluding steroid dienone is 3. The van der Waals surface area contributed by atoms with Gasteiger partial charge in [0.15, 0.2) is 23.9 Å². The Bertz CT molecular complexity index is 3080. The lowest BCUT2D eigenvalue weighted by Gasteiger charge is -2.24.